The molecule has 0 aliphatic heterocycles. The number of fused-ring (bicyclic) bond motifs is 1. The quantitative estimate of drug-likeness (QED) is 0.427. The number of hydrogen-bond acceptors (Lipinski definition) is 5. The molecular weight excluding hydrogens is 436 g/mol. The van der Waals surface area contributed by atoms with Crippen LogP contribution in [0.25, 0.3) is 10.8 Å². The second kappa shape index (κ2) is 12.1. The normalized spacial score (nSPS) is 12.5. The summed E-state index contributed by atoms with van der Waals surface area (Å²) in [5, 5.41) is 7.54. The second-order valence-electron chi connectivity index (χ2n) is 7.52. The molecule has 0 unspecified atom stereocenters. The number of thioether (sulfide) groups is 1. The Morgan fingerprint density at radius 1 is 0.939 bits per heavy atom. The fraction of sp³-hybridized carbons (Fsp3) is 0.269. The molecule has 2 amide bonds. The molecule has 3 aromatic carbocycles. The van der Waals surface area contributed by atoms with Crippen molar-refractivity contribution >= 4 is 46.0 Å². The van der Waals surface area contributed by atoms with E-state index in [1.54, 1.807) is 43.0 Å². The van der Waals surface area contributed by atoms with Crippen LogP contribution >= 0.6 is 11.8 Å². The van der Waals surface area contributed by atoms with Crippen molar-refractivity contribution in [2.45, 2.75) is 31.9 Å². The van der Waals surface area contributed by atoms with Gasteiger partial charge in [0, 0.05) is 16.6 Å². The van der Waals surface area contributed by atoms with E-state index in [0.29, 0.717) is 29.8 Å². The van der Waals surface area contributed by atoms with Crippen molar-refractivity contribution in [2.75, 3.05) is 17.3 Å². The summed E-state index contributed by atoms with van der Waals surface area (Å²) in [6.45, 7) is 1.78. The fourth-order valence-corrected chi connectivity index (χ4v) is 3.88. The lowest BCUT2D eigenvalue weighted by molar-refractivity contribution is -0.156. The van der Waals surface area contributed by atoms with E-state index in [-0.39, 0.29) is 5.91 Å². The highest BCUT2D eigenvalue weighted by atomic mass is 32.2. The van der Waals surface area contributed by atoms with Crippen molar-refractivity contribution in [3.63, 3.8) is 0 Å². The molecule has 6 nitrogen and oxygen atoms in total. The molecule has 33 heavy (non-hydrogen) atoms. The van der Waals surface area contributed by atoms with Gasteiger partial charge in [-0.25, -0.2) is 4.79 Å². The lowest BCUT2D eigenvalue weighted by Crippen LogP contribution is -2.45. The molecule has 2 N–H and O–H groups in total. The number of hydrogen-bond donors (Lipinski definition) is 2. The zero-order chi connectivity index (χ0) is 23.6. The average Bonchev–Trinajstić information content (AvgIpc) is 2.85. The van der Waals surface area contributed by atoms with Crippen LogP contribution in [0.3, 0.4) is 0 Å². The number of ether oxygens (including phenoxy) is 1. The molecule has 0 aliphatic rings. The lowest BCUT2D eigenvalue weighted by atomic mass is 10.1. The summed E-state index contributed by atoms with van der Waals surface area (Å²) in [6, 6.07) is 21.2. The maximum Gasteiger partial charge on any atom is 0.329 e. The average molecular weight is 465 g/mol. The van der Waals surface area contributed by atoms with Crippen molar-refractivity contribution < 1.29 is 19.1 Å². The molecule has 0 radical (unpaired) electrons. The van der Waals surface area contributed by atoms with Crippen LogP contribution in [0.15, 0.2) is 72.8 Å². The molecule has 0 saturated heterocycles. The predicted octanol–water partition coefficient (Wildman–Crippen LogP) is 4.65. The molecule has 7 heteroatoms. The van der Waals surface area contributed by atoms with E-state index in [1.165, 1.54) is 0 Å². The van der Waals surface area contributed by atoms with E-state index < -0.39 is 24.0 Å². The summed E-state index contributed by atoms with van der Waals surface area (Å²) in [6.07, 6.45) is 1.67. The second-order valence-corrected chi connectivity index (χ2v) is 8.51. The van der Waals surface area contributed by atoms with E-state index in [4.69, 9.17) is 4.74 Å². The third-order valence-corrected chi connectivity index (χ3v) is 5.85. The molecule has 3 rings (SSSR count). The zero-order valence-corrected chi connectivity index (χ0v) is 19.6. The van der Waals surface area contributed by atoms with Crippen molar-refractivity contribution in [3.05, 3.63) is 78.4 Å². The van der Waals surface area contributed by atoms with Crippen LogP contribution in [0, 0.1) is 0 Å². The van der Waals surface area contributed by atoms with Crippen LogP contribution in [0.4, 0.5) is 5.69 Å². The van der Waals surface area contributed by atoms with Gasteiger partial charge in [-0.2, -0.15) is 11.8 Å². The molecule has 0 heterocycles. The zero-order valence-electron chi connectivity index (χ0n) is 18.7. The minimum atomic E-state index is -0.970. The van der Waals surface area contributed by atoms with Gasteiger partial charge < -0.3 is 15.4 Å². The predicted molar refractivity (Wildman–Crippen MR) is 133 cm³/mol. The minimum absolute atomic E-state index is 0.310. The molecule has 0 aliphatic carbocycles. The smallest absolute Gasteiger partial charge is 0.329 e. The first-order valence-corrected chi connectivity index (χ1v) is 12.3. The molecule has 0 saturated carbocycles. The Bertz CT molecular complexity index is 1100. The van der Waals surface area contributed by atoms with Gasteiger partial charge in [-0.15, -0.1) is 0 Å². The van der Waals surface area contributed by atoms with Gasteiger partial charge in [0.1, 0.15) is 6.04 Å². The number of anilines is 1. The van der Waals surface area contributed by atoms with Crippen LogP contribution in [0.1, 0.15) is 30.1 Å². The molecule has 0 spiro atoms. The van der Waals surface area contributed by atoms with E-state index in [2.05, 4.69) is 10.6 Å². The molecular formula is C26H28N2O4S. The van der Waals surface area contributed by atoms with Gasteiger partial charge in [0.2, 0.25) is 0 Å². The Labute approximate surface area is 198 Å². The summed E-state index contributed by atoms with van der Waals surface area (Å²) >= 11 is 1.57. The SMILES string of the molecule is CC[C@@H](OC(=O)[C@H](CCSC)NC(=O)c1ccccc1)C(=O)Nc1cccc2ccccc12. The van der Waals surface area contributed by atoms with Crippen LogP contribution in [-0.2, 0) is 14.3 Å². The molecule has 0 aromatic heterocycles. The highest BCUT2D eigenvalue weighted by Gasteiger charge is 2.28. The molecule has 172 valence electrons. The highest BCUT2D eigenvalue weighted by Crippen LogP contribution is 2.23. The monoisotopic (exact) mass is 464 g/mol. The lowest BCUT2D eigenvalue weighted by Gasteiger charge is -2.22. The van der Waals surface area contributed by atoms with Crippen LogP contribution in [0.2, 0.25) is 0 Å². The first-order chi connectivity index (χ1) is 16.0. The van der Waals surface area contributed by atoms with Gasteiger partial charge in [-0.1, -0.05) is 61.5 Å². The number of carbonyl (C=O) groups is 3. The summed E-state index contributed by atoms with van der Waals surface area (Å²) in [5.74, 6) is -0.714. The largest absolute Gasteiger partial charge is 0.451 e. The van der Waals surface area contributed by atoms with Crippen molar-refractivity contribution in [1.82, 2.24) is 5.32 Å². The molecule has 0 fully saturated rings. The van der Waals surface area contributed by atoms with Crippen molar-refractivity contribution in [3.8, 4) is 0 Å². The van der Waals surface area contributed by atoms with Gasteiger partial charge >= 0.3 is 5.97 Å². The number of benzene rings is 3. The Hall–Kier alpha value is -3.32. The van der Waals surface area contributed by atoms with Gasteiger partial charge in [0.25, 0.3) is 11.8 Å². The van der Waals surface area contributed by atoms with E-state index in [9.17, 15) is 14.4 Å². The van der Waals surface area contributed by atoms with E-state index in [0.717, 1.165) is 10.8 Å². The third-order valence-electron chi connectivity index (χ3n) is 5.21. The Morgan fingerprint density at radius 2 is 1.64 bits per heavy atom. The van der Waals surface area contributed by atoms with Gasteiger partial charge in [0.15, 0.2) is 6.10 Å². The number of rotatable bonds is 10. The summed E-state index contributed by atoms with van der Waals surface area (Å²) in [5.41, 5.74) is 1.11. The van der Waals surface area contributed by atoms with Crippen LogP contribution < -0.4 is 10.6 Å². The van der Waals surface area contributed by atoms with Gasteiger partial charge in [-0.05, 0) is 48.4 Å². The molecule has 0 bridgehead atoms. The van der Waals surface area contributed by atoms with Gasteiger partial charge in [-0.3, -0.25) is 9.59 Å². The Morgan fingerprint density at radius 3 is 2.36 bits per heavy atom. The summed E-state index contributed by atoms with van der Waals surface area (Å²) in [7, 11) is 0. The number of esters is 1. The number of nitrogens with one attached hydrogen (secondary N) is 2. The molecule has 3 aromatic rings. The summed E-state index contributed by atoms with van der Waals surface area (Å²) < 4.78 is 5.57. The molecule has 2 atom stereocenters. The van der Waals surface area contributed by atoms with Crippen molar-refractivity contribution in [1.29, 1.82) is 0 Å². The fourth-order valence-electron chi connectivity index (χ4n) is 3.41. The van der Waals surface area contributed by atoms with E-state index in [1.807, 2.05) is 54.8 Å². The van der Waals surface area contributed by atoms with Crippen LogP contribution in [-0.4, -0.2) is 41.9 Å². The van der Waals surface area contributed by atoms with Gasteiger partial charge in [0.05, 0.1) is 0 Å². The highest BCUT2D eigenvalue weighted by molar-refractivity contribution is 7.98. The number of carbonyl (C=O) groups excluding carboxylic acids is 3. The van der Waals surface area contributed by atoms with Crippen LogP contribution in [0.5, 0.6) is 0 Å². The standard InChI is InChI=1S/C26H28N2O4S/c1-3-23(25(30)27-21-15-9-13-18-10-7-8-14-20(18)21)32-26(31)22(16-17-33-2)28-24(29)19-11-5-4-6-12-19/h4-15,22-23H,3,16-17H2,1-2H3,(H,27,30)(H,28,29)/t22-,23+/m0/s1. The minimum Gasteiger partial charge on any atom is -0.451 e. The maximum absolute atomic E-state index is 12.9. The van der Waals surface area contributed by atoms with Crippen molar-refractivity contribution in [2.24, 2.45) is 0 Å². The topological polar surface area (TPSA) is 84.5 Å². The maximum atomic E-state index is 12.9. The summed E-state index contributed by atoms with van der Waals surface area (Å²) in [4.78, 5) is 38.4. The Balaban J connectivity index is 1.69. The Kier molecular flexibility index (Phi) is 8.89. The first-order valence-electron chi connectivity index (χ1n) is 10.9. The van der Waals surface area contributed by atoms with E-state index >= 15 is 0 Å². The third kappa shape index (κ3) is 6.58. The first kappa shape index (κ1) is 24.3. The number of amides is 2.